The van der Waals surface area contributed by atoms with Crippen LogP contribution in [0.3, 0.4) is 0 Å². The van der Waals surface area contributed by atoms with E-state index in [1.807, 2.05) is 20.8 Å². The summed E-state index contributed by atoms with van der Waals surface area (Å²) in [6.07, 6.45) is -0.730. The molecule has 0 aliphatic rings. The molecule has 0 saturated carbocycles. The SMILES string of the molecule is CC(C)N[C@H](C)[C@@H](O)c1ccc(O)c2[nH]c(=O)ccc12. The highest BCUT2D eigenvalue weighted by Gasteiger charge is 2.20. The van der Waals surface area contributed by atoms with Crippen molar-refractivity contribution in [3.05, 3.63) is 40.2 Å². The standard InChI is InChI=1S/C15H20N2O3/c1-8(2)16-9(3)15(20)11-4-6-12(18)14-10(11)5-7-13(19)17-14/h4-9,15-16,18,20H,1-3H3,(H,17,19)/t9-,15-/m1/s1. The number of H-pyrrole nitrogens is 1. The zero-order chi connectivity index (χ0) is 14.9. The molecule has 0 radical (unpaired) electrons. The van der Waals surface area contributed by atoms with E-state index in [4.69, 9.17) is 0 Å². The second-order valence-corrected chi connectivity index (χ2v) is 5.34. The smallest absolute Gasteiger partial charge is 0.248 e. The van der Waals surface area contributed by atoms with E-state index < -0.39 is 6.10 Å². The van der Waals surface area contributed by atoms with Crippen LogP contribution in [0.4, 0.5) is 0 Å². The molecule has 0 bridgehead atoms. The molecule has 1 aromatic heterocycles. The first-order valence-electron chi connectivity index (χ1n) is 6.69. The van der Waals surface area contributed by atoms with Crippen LogP contribution in [0.1, 0.15) is 32.4 Å². The van der Waals surface area contributed by atoms with Crippen molar-refractivity contribution < 1.29 is 10.2 Å². The number of benzene rings is 1. The number of hydrogen-bond donors (Lipinski definition) is 4. The summed E-state index contributed by atoms with van der Waals surface area (Å²) in [4.78, 5) is 14.0. The third-order valence-electron chi connectivity index (χ3n) is 3.30. The molecular formula is C15H20N2O3. The zero-order valence-electron chi connectivity index (χ0n) is 11.8. The molecule has 20 heavy (non-hydrogen) atoms. The molecule has 1 aromatic carbocycles. The number of phenols is 1. The van der Waals surface area contributed by atoms with Crippen LogP contribution in [0, 0.1) is 0 Å². The van der Waals surface area contributed by atoms with Crippen LogP contribution in [0.15, 0.2) is 29.1 Å². The molecule has 0 saturated heterocycles. The fraction of sp³-hybridized carbons (Fsp3) is 0.400. The van der Waals surface area contributed by atoms with Crippen LogP contribution in [-0.2, 0) is 0 Å². The lowest BCUT2D eigenvalue weighted by Gasteiger charge is -2.24. The number of fused-ring (bicyclic) bond motifs is 1. The first-order chi connectivity index (χ1) is 9.40. The van der Waals surface area contributed by atoms with E-state index in [1.54, 1.807) is 12.1 Å². The van der Waals surface area contributed by atoms with E-state index >= 15 is 0 Å². The van der Waals surface area contributed by atoms with Gasteiger partial charge in [-0.25, -0.2) is 0 Å². The fourth-order valence-electron chi connectivity index (χ4n) is 2.40. The second-order valence-electron chi connectivity index (χ2n) is 5.34. The molecule has 2 aromatic rings. The number of aromatic hydroxyl groups is 1. The van der Waals surface area contributed by atoms with Gasteiger partial charge in [0, 0.05) is 23.5 Å². The molecule has 0 aliphatic carbocycles. The Morgan fingerprint density at radius 2 is 1.85 bits per heavy atom. The van der Waals surface area contributed by atoms with Crippen molar-refractivity contribution in [2.45, 2.75) is 39.0 Å². The number of hydrogen-bond acceptors (Lipinski definition) is 4. The summed E-state index contributed by atoms with van der Waals surface area (Å²) < 4.78 is 0. The molecule has 108 valence electrons. The maximum atomic E-state index is 11.4. The summed E-state index contributed by atoms with van der Waals surface area (Å²) in [6, 6.07) is 6.28. The molecule has 0 amide bonds. The van der Waals surface area contributed by atoms with E-state index in [2.05, 4.69) is 10.3 Å². The lowest BCUT2D eigenvalue weighted by atomic mass is 9.98. The molecule has 2 rings (SSSR count). The van der Waals surface area contributed by atoms with Gasteiger partial charge in [0.15, 0.2) is 0 Å². The molecule has 2 atom stereocenters. The van der Waals surface area contributed by atoms with Gasteiger partial charge in [0.1, 0.15) is 5.75 Å². The average molecular weight is 276 g/mol. The lowest BCUT2D eigenvalue weighted by molar-refractivity contribution is 0.133. The number of aromatic amines is 1. The molecule has 1 heterocycles. The number of phenolic OH excluding ortho intramolecular Hbond substituents is 1. The summed E-state index contributed by atoms with van der Waals surface area (Å²) in [5.74, 6) is -0.00174. The largest absolute Gasteiger partial charge is 0.506 e. The van der Waals surface area contributed by atoms with Gasteiger partial charge in [-0.2, -0.15) is 0 Å². The Morgan fingerprint density at radius 1 is 1.15 bits per heavy atom. The van der Waals surface area contributed by atoms with Crippen molar-refractivity contribution in [2.24, 2.45) is 0 Å². The molecule has 0 aliphatic heterocycles. The predicted octanol–water partition coefficient (Wildman–Crippen LogP) is 1.65. The van der Waals surface area contributed by atoms with Gasteiger partial charge >= 0.3 is 0 Å². The molecule has 0 spiro atoms. The maximum absolute atomic E-state index is 11.4. The predicted molar refractivity (Wildman–Crippen MR) is 78.9 cm³/mol. The maximum Gasteiger partial charge on any atom is 0.248 e. The lowest BCUT2D eigenvalue weighted by Crippen LogP contribution is -2.37. The minimum absolute atomic E-state index is 0.00174. The average Bonchev–Trinajstić information content (AvgIpc) is 2.38. The van der Waals surface area contributed by atoms with Gasteiger partial charge in [-0.15, -0.1) is 0 Å². The van der Waals surface area contributed by atoms with E-state index in [1.165, 1.54) is 12.1 Å². The third-order valence-corrected chi connectivity index (χ3v) is 3.30. The van der Waals surface area contributed by atoms with Crippen molar-refractivity contribution in [3.63, 3.8) is 0 Å². The summed E-state index contributed by atoms with van der Waals surface area (Å²) in [5, 5.41) is 24.2. The van der Waals surface area contributed by atoms with Crippen LogP contribution in [0.25, 0.3) is 10.9 Å². The molecule has 4 N–H and O–H groups in total. The zero-order valence-corrected chi connectivity index (χ0v) is 11.8. The van der Waals surface area contributed by atoms with Crippen molar-refractivity contribution in [1.82, 2.24) is 10.3 Å². The van der Waals surface area contributed by atoms with E-state index in [-0.39, 0.29) is 23.4 Å². The number of aliphatic hydroxyl groups excluding tert-OH is 1. The Balaban J connectivity index is 2.49. The van der Waals surface area contributed by atoms with Gasteiger partial charge in [-0.3, -0.25) is 4.79 Å². The van der Waals surface area contributed by atoms with Crippen LogP contribution in [0.5, 0.6) is 5.75 Å². The van der Waals surface area contributed by atoms with Crippen molar-refractivity contribution in [1.29, 1.82) is 0 Å². The highest BCUT2D eigenvalue weighted by atomic mass is 16.3. The van der Waals surface area contributed by atoms with E-state index in [9.17, 15) is 15.0 Å². The topological polar surface area (TPSA) is 85.3 Å². The number of nitrogens with one attached hydrogen (secondary N) is 2. The van der Waals surface area contributed by atoms with Crippen LogP contribution >= 0.6 is 0 Å². The minimum Gasteiger partial charge on any atom is -0.506 e. The Bertz CT molecular complexity index is 664. The van der Waals surface area contributed by atoms with Gasteiger partial charge in [0.2, 0.25) is 5.56 Å². The first kappa shape index (κ1) is 14.6. The third kappa shape index (κ3) is 2.84. The number of pyridine rings is 1. The molecule has 0 unspecified atom stereocenters. The Morgan fingerprint density at radius 3 is 2.50 bits per heavy atom. The Labute approximate surface area is 117 Å². The van der Waals surface area contributed by atoms with Crippen LogP contribution < -0.4 is 10.9 Å². The highest BCUT2D eigenvalue weighted by molar-refractivity contribution is 5.87. The minimum atomic E-state index is -0.730. The van der Waals surface area contributed by atoms with Gasteiger partial charge < -0.3 is 20.5 Å². The molecule has 5 nitrogen and oxygen atoms in total. The van der Waals surface area contributed by atoms with Gasteiger partial charge in [0.05, 0.1) is 11.6 Å². The van der Waals surface area contributed by atoms with E-state index in [0.29, 0.717) is 16.5 Å². The van der Waals surface area contributed by atoms with Crippen molar-refractivity contribution in [2.75, 3.05) is 0 Å². The number of aliphatic hydroxyl groups is 1. The Hall–Kier alpha value is -1.85. The number of rotatable bonds is 4. The fourth-order valence-corrected chi connectivity index (χ4v) is 2.40. The van der Waals surface area contributed by atoms with Crippen molar-refractivity contribution in [3.8, 4) is 5.75 Å². The van der Waals surface area contributed by atoms with Crippen molar-refractivity contribution >= 4 is 10.9 Å². The summed E-state index contributed by atoms with van der Waals surface area (Å²) in [7, 11) is 0. The highest BCUT2D eigenvalue weighted by Crippen LogP contribution is 2.30. The monoisotopic (exact) mass is 276 g/mol. The first-order valence-corrected chi connectivity index (χ1v) is 6.69. The molecular weight excluding hydrogens is 256 g/mol. The number of aromatic nitrogens is 1. The Kier molecular flexibility index (Phi) is 4.11. The molecule has 0 fully saturated rings. The van der Waals surface area contributed by atoms with Crippen LogP contribution in [-0.4, -0.2) is 27.3 Å². The summed E-state index contributed by atoms with van der Waals surface area (Å²) in [5.41, 5.74) is 0.744. The summed E-state index contributed by atoms with van der Waals surface area (Å²) >= 11 is 0. The van der Waals surface area contributed by atoms with Gasteiger partial charge in [-0.1, -0.05) is 19.9 Å². The molecule has 5 heteroatoms. The van der Waals surface area contributed by atoms with Gasteiger partial charge in [-0.05, 0) is 24.6 Å². The van der Waals surface area contributed by atoms with Crippen LogP contribution in [0.2, 0.25) is 0 Å². The van der Waals surface area contributed by atoms with Gasteiger partial charge in [0.25, 0.3) is 0 Å². The summed E-state index contributed by atoms with van der Waals surface area (Å²) in [6.45, 7) is 5.92. The second kappa shape index (κ2) is 5.64. The van der Waals surface area contributed by atoms with E-state index in [0.717, 1.165) is 0 Å². The quantitative estimate of drug-likeness (QED) is 0.684. The normalized spacial score (nSPS) is 14.7.